The molecule has 0 aliphatic carbocycles. The van der Waals surface area contributed by atoms with Crippen molar-refractivity contribution in [2.24, 2.45) is 0 Å². The van der Waals surface area contributed by atoms with E-state index in [1.807, 2.05) is 56.3 Å². The number of carbonyl (C=O) groups is 1. The molecule has 2 N–H and O–H groups in total. The van der Waals surface area contributed by atoms with Crippen LogP contribution in [-0.2, 0) is 4.79 Å². The van der Waals surface area contributed by atoms with Crippen LogP contribution in [0.15, 0.2) is 52.4 Å². The van der Waals surface area contributed by atoms with Crippen LogP contribution in [-0.4, -0.2) is 30.9 Å². The largest absolute Gasteiger partial charge is 0.480 e. The third kappa shape index (κ3) is 2.97. The molecule has 0 aliphatic rings. The number of aromatic amines is 1. The molecule has 0 radical (unpaired) electrons. The lowest BCUT2D eigenvalue weighted by atomic mass is 10.1. The second-order valence-electron chi connectivity index (χ2n) is 6.82. The van der Waals surface area contributed by atoms with Crippen molar-refractivity contribution in [3.8, 4) is 5.69 Å². The maximum absolute atomic E-state index is 13.5. The molecule has 0 spiro atoms. The molecule has 2 aromatic heterocycles. The van der Waals surface area contributed by atoms with Crippen molar-refractivity contribution in [3.63, 3.8) is 0 Å². The van der Waals surface area contributed by atoms with Crippen LogP contribution in [0.4, 0.5) is 0 Å². The minimum atomic E-state index is -0.953. The number of carboxylic acids is 1. The Bertz CT molecular complexity index is 1290. The van der Waals surface area contributed by atoms with Gasteiger partial charge in [0.15, 0.2) is 5.16 Å². The van der Waals surface area contributed by atoms with Gasteiger partial charge in [0.2, 0.25) is 0 Å². The number of hydrogen-bond acceptors (Lipinski definition) is 4. The van der Waals surface area contributed by atoms with Crippen LogP contribution < -0.4 is 5.56 Å². The first kappa shape index (κ1) is 18.3. The molecule has 4 aromatic rings. The van der Waals surface area contributed by atoms with Crippen molar-refractivity contribution in [1.82, 2.24) is 14.5 Å². The van der Waals surface area contributed by atoms with Gasteiger partial charge in [-0.2, -0.15) is 0 Å². The molecular formula is C21H19N3O3S. The summed E-state index contributed by atoms with van der Waals surface area (Å²) in [5.74, 6) is -0.953. The van der Waals surface area contributed by atoms with Gasteiger partial charge in [0.05, 0.1) is 5.69 Å². The number of thioether (sulfide) groups is 1. The van der Waals surface area contributed by atoms with Crippen molar-refractivity contribution >= 4 is 39.7 Å². The lowest BCUT2D eigenvalue weighted by molar-refractivity contribution is -0.136. The number of aliphatic carboxylic acids is 1. The highest BCUT2D eigenvalue weighted by molar-refractivity contribution is 8.00. The Morgan fingerprint density at radius 1 is 1.21 bits per heavy atom. The Labute approximate surface area is 165 Å². The smallest absolute Gasteiger partial charge is 0.316 e. The van der Waals surface area contributed by atoms with Crippen LogP contribution in [0.5, 0.6) is 0 Å². The molecule has 2 aromatic carbocycles. The Morgan fingerprint density at radius 3 is 2.71 bits per heavy atom. The minimum absolute atomic E-state index is 0.241. The molecule has 28 heavy (non-hydrogen) atoms. The van der Waals surface area contributed by atoms with Gasteiger partial charge in [0.1, 0.15) is 16.3 Å². The van der Waals surface area contributed by atoms with Gasteiger partial charge in [-0.1, -0.05) is 42.1 Å². The van der Waals surface area contributed by atoms with E-state index < -0.39 is 11.2 Å². The highest BCUT2D eigenvalue weighted by Gasteiger charge is 2.22. The second-order valence-corrected chi connectivity index (χ2v) is 8.13. The number of rotatable bonds is 4. The number of benzene rings is 2. The summed E-state index contributed by atoms with van der Waals surface area (Å²) in [4.78, 5) is 32.8. The molecule has 0 aliphatic heterocycles. The van der Waals surface area contributed by atoms with E-state index in [4.69, 9.17) is 4.98 Å². The van der Waals surface area contributed by atoms with E-state index in [9.17, 15) is 14.7 Å². The number of H-pyrrole nitrogens is 1. The van der Waals surface area contributed by atoms with Gasteiger partial charge in [0.25, 0.3) is 5.56 Å². The summed E-state index contributed by atoms with van der Waals surface area (Å²) in [6, 6.07) is 13.4. The lowest BCUT2D eigenvalue weighted by Crippen LogP contribution is -2.24. The maximum atomic E-state index is 13.5. The van der Waals surface area contributed by atoms with Crippen LogP contribution >= 0.6 is 11.8 Å². The van der Waals surface area contributed by atoms with Gasteiger partial charge in [0, 0.05) is 10.9 Å². The van der Waals surface area contributed by atoms with E-state index in [0.717, 1.165) is 33.8 Å². The van der Waals surface area contributed by atoms with Crippen molar-refractivity contribution in [1.29, 1.82) is 0 Å². The molecule has 0 fully saturated rings. The van der Waals surface area contributed by atoms with E-state index in [-0.39, 0.29) is 5.56 Å². The number of aromatic nitrogens is 3. The number of hydrogen-bond donors (Lipinski definition) is 2. The third-order valence-electron chi connectivity index (χ3n) is 4.73. The van der Waals surface area contributed by atoms with E-state index in [1.54, 1.807) is 6.92 Å². The predicted molar refractivity (Wildman–Crippen MR) is 112 cm³/mol. The summed E-state index contributed by atoms with van der Waals surface area (Å²) in [6.07, 6.45) is 0. The Hall–Kier alpha value is -3.06. The Balaban J connectivity index is 2.09. The highest BCUT2D eigenvalue weighted by Crippen LogP contribution is 2.29. The fraction of sp³-hybridized carbons (Fsp3) is 0.190. The normalized spacial score (nSPS) is 12.5. The first-order chi connectivity index (χ1) is 13.4. The third-order valence-corrected chi connectivity index (χ3v) is 5.77. The van der Waals surface area contributed by atoms with E-state index in [1.165, 1.54) is 4.57 Å². The first-order valence-electron chi connectivity index (χ1n) is 8.87. The molecule has 4 rings (SSSR count). The summed E-state index contributed by atoms with van der Waals surface area (Å²) in [6.45, 7) is 5.47. The zero-order chi connectivity index (χ0) is 20.0. The van der Waals surface area contributed by atoms with Crippen molar-refractivity contribution < 1.29 is 9.90 Å². The zero-order valence-electron chi connectivity index (χ0n) is 15.7. The number of para-hydroxylation sites is 1. The standard InChI is InChI=1S/C21H19N3O3S/c1-11-8-9-12(2)16(10-11)24-19(25)18-17(14-6-4-5-7-15(14)22-18)23-21(24)28-13(3)20(26)27/h4-10,13,22H,1-3H3,(H,26,27)/t13-/m1/s1. The topological polar surface area (TPSA) is 88.0 Å². The fourth-order valence-corrected chi connectivity index (χ4v) is 4.05. The van der Waals surface area contributed by atoms with Gasteiger partial charge >= 0.3 is 5.97 Å². The average Bonchev–Trinajstić information content (AvgIpc) is 3.03. The molecule has 142 valence electrons. The Morgan fingerprint density at radius 2 is 1.96 bits per heavy atom. The molecule has 0 bridgehead atoms. The molecule has 0 saturated heterocycles. The molecular weight excluding hydrogens is 374 g/mol. The highest BCUT2D eigenvalue weighted by atomic mass is 32.2. The SMILES string of the molecule is Cc1ccc(C)c(-n2c(S[C@H](C)C(=O)O)nc3c([nH]c4ccccc43)c2=O)c1. The molecule has 1 atom stereocenters. The van der Waals surface area contributed by atoms with Gasteiger partial charge in [-0.25, -0.2) is 4.98 Å². The van der Waals surface area contributed by atoms with E-state index in [0.29, 0.717) is 21.9 Å². The number of nitrogens with one attached hydrogen (secondary N) is 1. The van der Waals surface area contributed by atoms with Crippen LogP contribution in [0.3, 0.4) is 0 Å². The van der Waals surface area contributed by atoms with Crippen LogP contribution in [0.1, 0.15) is 18.1 Å². The van der Waals surface area contributed by atoms with Crippen LogP contribution in [0.25, 0.3) is 27.6 Å². The monoisotopic (exact) mass is 393 g/mol. The van der Waals surface area contributed by atoms with Gasteiger partial charge in [-0.3, -0.25) is 14.2 Å². The lowest BCUT2D eigenvalue weighted by Gasteiger charge is -2.16. The molecule has 0 amide bonds. The molecule has 6 nitrogen and oxygen atoms in total. The van der Waals surface area contributed by atoms with E-state index >= 15 is 0 Å². The summed E-state index contributed by atoms with van der Waals surface area (Å²) >= 11 is 1.07. The maximum Gasteiger partial charge on any atom is 0.316 e. The summed E-state index contributed by atoms with van der Waals surface area (Å²) < 4.78 is 1.52. The van der Waals surface area contributed by atoms with Gasteiger partial charge < -0.3 is 10.1 Å². The molecule has 2 heterocycles. The summed E-state index contributed by atoms with van der Waals surface area (Å²) in [5, 5.41) is 9.84. The van der Waals surface area contributed by atoms with Crippen molar-refractivity contribution in [2.45, 2.75) is 31.2 Å². The zero-order valence-corrected chi connectivity index (χ0v) is 16.5. The summed E-state index contributed by atoms with van der Waals surface area (Å²) in [7, 11) is 0. The second kappa shape index (κ2) is 6.83. The number of aryl methyl sites for hydroxylation is 2. The first-order valence-corrected chi connectivity index (χ1v) is 9.75. The number of carboxylic acid groups (broad SMARTS) is 1. The quantitative estimate of drug-likeness (QED) is 0.403. The van der Waals surface area contributed by atoms with Crippen molar-refractivity contribution in [3.05, 3.63) is 63.9 Å². The van der Waals surface area contributed by atoms with Gasteiger partial charge in [-0.05, 0) is 44.0 Å². The van der Waals surface area contributed by atoms with E-state index in [2.05, 4.69) is 4.98 Å². The van der Waals surface area contributed by atoms with Gasteiger partial charge in [-0.15, -0.1) is 0 Å². The van der Waals surface area contributed by atoms with Crippen LogP contribution in [0.2, 0.25) is 0 Å². The summed E-state index contributed by atoms with van der Waals surface area (Å²) in [5.41, 5.74) is 4.18. The molecule has 7 heteroatoms. The van der Waals surface area contributed by atoms with Crippen molar-refractivity contribution in [2.75, 3.05) is 0 Å². The Kier molecular flexibility index (Phi) is 4.47. The minimum Gasteiger partial charge on any atom is -0.480 e. The molecule has 0 saturated carbocycles. The van der Waals surface area contributed by atoms with Crippen LogP contribution in [0, 0.1) is 13.8 Å². The predicted octanol–water partition coefficient (Wildman–Crippen LogP) is 4.05. The number of nitrogens with zero attached hydrogens (tertiary/aromatic N) is 2. The molecule has 0 unspecified atom stereocenters. The number of fused-ring (bicyclic) bond motifs is 3. The average molecular weight is 393 g/mol. The fourth-order valence-electron chi connectivity index (χ4n) is 3.20.